The van der Waals surface area contributed by atoms with Crippen molar-refractivity contribution in [3.8, 4) is 0 Å². The number of urea groups is 1. The van der Waals surface area contributed by atoms with E-state index in [1.807, 2.05) is 36.4 Å². The van der Waals surface area contributed by atoms with E-state index >= 15 is 0 Å². The third-order valence-corrected chi connectivity index (χ3v) is 6.86. The summed E-state index contributed by atoms with van der Waals surface area (Å²) in [6.07, 6.45) is 1.02. The number of para-hydroxylation sites is 1. The zero-order valence-corrected chi connectivity index (χ0v) is 16.5. The number of anilines is 1. The molecule has 0 saturated carbocycles. The molecular weight excluding hydrogens is 366 g/mol. The second kappa shape index (κ2) is 6.17. The summed E-state index contributed by atoms with van der Waals surface area (Å²) in [5, 5.41) is 0. The predicted octanol–water partition coefficient (Wildman–Crippen LogP) is 2.64. The largest absolute Gasteiger partial charge is 0.366 e. The molecule has 2 saturated heterocycles. The first-order valence-electron chi connectivity index (χ1n) is 9.95. The molecule has 3 aliphatic rings. The summed E-state index contributed by atoms with van der Waals surface area (Å²) in [5.74, 6) is -0.550. The standard InChI is InChI=1S/C23H23N3O3/c1-24-20(27)23(21(28)25(2)22(24)29)13-16-10-6-7-11-18(16)26-14-17(12-19(23)26)15-8-4-3-5-9-15/h3-11,17,19H,12-14H2,1-2H3/t17-,19-/m0/s1. The summed E-state index contributed by atoms with van der Waals surface area (Å²) in [6, 6.07) is 17.4. The molecule has 6 heteroatoms. The molecule has 0 aliphatic carbocycles. The number of barbiturate groups is 1. The molecule has 29 heavy (non-hydrogen) atoms. The third-order valence-electron chi connectivity index (χ3n) is 6.86. The van der Waals surface area contributed by atoms with Gasteiger partial charge in [-0.1, -0.05) is 48.5 Å². The molecule has 6 nitrogen and oxygen atoms in total. The van der Waals surface area contributed by atoms with Gasteiger partial charge in [0.15, 0.2) is 5.41 Å². The van der Waals surface area contributed by atoms with E-state index in [0.29, 0.717) is 12.8 Å². The van der Waals surface area contributed by atoms with Crippen LogP contribution in [0.15, 0.2) is 54.6 Å². The number of fused-ring (bicyclic) bond motifs is 4. The van der Waals surface area contributed by atoms with Crippen molar-refractivity contribution in [3.63, 3.8) is 0 Å². The van der Waals surface area contributed by atoms with Crippen molar-refractivity contribution in [1.82, 2.24) is 9.80 Å². The molecule has 148 valence electrons. The number of carbonyl (C=O) groups is 3. The van der Waals surface area contributed by atoms with Crippen LogP contribution >= 0.6 is 0 Å². The number of benzene rings is 2. The molecule has 2 aromatic carbocycles. The maximum Gasteiger partial charge on any atom is 0.332 e. The van der Waals surface area contributed by atoms with Gasteiger partial charge in [0.1, 0.15) is 0 Å². The lowest BCUT2D eigenvalue weighted by Crippen LogP contribution is -2.70. The first-order chi connectivity index (χ1) is 13.9. The minimum atomic E-state index is -1.27. The van der Waals surface area contributed by atoms with Gasteiger partial charge in [-0.15, -0.1) is 0 Å². The van der Waals surface area contributed by atoms with Crippen LogP contribution in [0.2, 0.25) is 0 Å². The molecule has 3 aliphatic heterocycles. The van der Waals surface area contributed by atoms with E-state index in [-0.39, 0.29) is 23.8 Å². The van der Waals surface area contributed by atoms with Gasteiger partial charge >= 0.3 is 6.03 Å². The first kappa shape index (κ1) is 17.9. The van der Waals surface area contributed by atoms with E-state index < -0.39 is 11.4 Å². The Labute approximate surface area is 169 Å². The van der Waals surface area contributed by atoms with Crippen LogP contribution in [0.3, 0.4) is 0 Å². The van der Waals surface area contributed by atoms with Gasteiger partial charge in [0, 0.05) is 32.2 Å². The molecule has 3 heterocycles. The molecule has 0 bridgehead atoms. The smallest absolute Gasteiger partial charge is 0.332 e. The number of hydrogen-bond donors (Lipinski definition) is 0. The zero-order valence-electron chi connectivity index (χ0n) is 16.5. The number of hydrogen-bond acceptors (Lipinski definition) is 4. The maximum absolute atomic E-state index is 13.5. The third kappa shape index (κ3) is 2.32. The highest BCUT2D eigenvalue weighted by atomic mass is 16.2. The number of nitrogens with zero attached hydrogens (tertiary/aromatic N) is 3. The fraction of sp³-hybridized carbons (Fsp3) is 0.348. The van der Waals surface area contributed by atoms with Crippen LogP contribution in [0.4, 0.5) is 10.5 Å². The predicted molar refractivity (Wildman–Crippen MR) is 108 cm³/mol. The Bertz CT molecular complexity index is 995. The van der Waals surface area contributed by atoms with Gasteiger partial charge in [0.25, 0.3) is 0 Å². The normalized spacial score (nSPS) is 25.4. The van der Waals surface area contributed by atoms with Crippen molar-refractivity contribution < 1.29 is 14.4 Å². The number of rotatable bonds is 1. The molecule has 2 atom stereocenters. The molecule has 1 spiro atoms. The van der Waals surface area contributed by atoms with Crippen molar-refractivity contribution >= 4 is 23.5 Å². The molecule has 2 aromatic rings. The van der Waals surface area contributed by atoms with Crippen LogP contribution in [0, 0.1) is 5.41 Å². The lowest BCUT2D eigenvalue weighted by atomic mass is 9.67. The minimum Gasteiger partial charge on any atom is -0.366 e. The Morgan fingerprint density at radius 2 is 1.48 bits per heavy atom. The van der Waals surface area contributed by atoms with Crippen molar-refractivity contribution in [1.29, 1.82) is 0 Å². The molecule has 4 amide bonds. The molecular formula is C23H23N3O3. The van der Waals surface area contributed by atoms with Crippen LogP contribution in [0.5, 0.6) is 0 Å². The average Bonchev–Trinajstić information content (AvgIpc) is 3.22. The van der Waals surface area contributed by atoms with Gasteiger partial charge in [-0.3, -0.25) is 19.4 Å². The van der Waals surface area contributed by atoms with Gasteiger partial charge < -0.3 is 4.90 Å². The second-order valence-corrected chi connectivity index (χ2v) is 8.30. The van der Waals surface area contributed by atoms with E-state index in [0.717, 1.165) is 27.6 Å². The Morgan fingerprint density at radius 1 is 0.862 bits per heavy atom. The maximum atomic E-state index is 13.5. The summed E-state index contributed by atoms with van der Waals surface area (Å²) >= 11 is 0. The van der Waals surface area contributed by atoms with E-state index in [9.17, 15) is 14.4 Å². The molecule has 0 unspecified atom stereocenters. The van der Waals surface area contributed by atoms with Crippen molar-refractivity contribution in [2.45, 2.75) is 24.8 Å². The Balaban J connectivity index is 1.66. The van der Waals surface area contributed by atoms with E-state index in [1.165, 1.54) is 19.7 Å². The fourth-order valence-corrected chi connectivity index (χ4v) is 5.42. The minimum absolute atomic E-state index is 0.220. The zero-order chi connectivity index (χ0) is 20.3. The average molecular weight is 389 g/mol. The molecule has 5 rings (SSSR count). The van der Waals surface area contributed by atoms with Crippen molar-refractivity contribution in [3.05, 3.63) is 65.7 Å². The number of imide groups is 2. The summed E-state index contributed by atoms with van der Waals surface area (Å²) in [5.41, 5.74) is 2.01. The Kier molecular flexibility index (Phi) is 3.81. The lowest BCUT2D eigenvalue weighted by Gasteiger charge is -2.50. The van der Waals surface area contributed by atoms with Gasteiger partial charge in [0.05, 0.1) is 6.04 Å². The number of amides is 4. The van der Waals surface area contributed by atoms with Gasteiger partial charge in [-0.05, 0) is 30.0 Å². The number of carbonyl (C=O) groups excluding carboxylic acids is 3. The highest BCUT2D eigenvalue weighted by molar-refractivity contribution is 6.20. The molecule has 0 aromatic heterocycles. The lowest BCUT2D eigenvalue weighted by molar-refractivity contribution is -0.159. The van der Waals surface area contributed by atoms with Gasteiger partial charge in [-0.2, -0.15) is 0 Å². The van der Waals surface area contributed by atoms with Gasteiger partial charge in [-0.25, -0.2) is 4.79 Å². The quantitative estimate of drug-likeness (QED) is 0.704. The summed E-state index contributed by atoms with van der Waals surface area (Å²) in [4.78, 5) is 43.8. The van der Waals surface area contributed by atoms with Crippen LogP contribution in [0.25, 0.3) is 0 Å². The van der Waals surface area contributed by atoms with Crippen LogP contribution < -0.4 is 4.90 Å². The van der Waals surface area contributed by atoms with E-state index in [1.54, 1.807) is 0 Å². The molecule has 0 radical (unpaired) electrons. The SMILES string of the molecule is CN1C(=O)N(C)C(=O)C2(Cc3ccccc3N3C[C@@H](c4ccccc4)C[C@H]32)C1=O. The fourth-order valence-electron chi connectivity index (χ4n) is 5.42. The molecule has 0 N–H and O–H groups in total. The van der Waals surface area contributed by atoms with Crippen molar-refractivity contribution in [2.75, 3.05) is 25.5 Å². The van der Waals surface area contributed by atoms with Crippen LogP contribution in [-0.2, 0) is 16.0 Å². The van der Waals surface area contributed by atoms with Crippen LogP contribution in [-0.4, -0.2) is 54.3 Å². The van der Waals surface area contributed by atoms with Gasteiger partial charge in [0.2, 0.25) is 11.8 Å². The topological polar surface area (TPSA) is 60.9 Å². The van der Waals surface area contributed by atoms with E-state index in [4.69, 9.17) is 0 Å². The Morgan fingerprint density at radius 3 is 2.17 bits per heavy atom. The summed E-state index contributed by atoms with van der Waals surface area (Å²) in [6.45, 7) is 0.745. The van der Waals surface area contributed by atoms with E-state index in [2.05, 4.69) is 23.1 Å². The van der Waals surface area contributed by atoms with Crippen LogP contribution in [0.1, 0.15) is 23.5 Å². The summed E-state index contributed by atoms with van der Waals surface area (Å²) in [7, 11) is 2.95. The molecule has 2 fully saturated rings. The highest BCUT2D eigenvalue weighted by Gasteiger charge is 2.64. The second-order valence-electron chi connectivity index (χ2n) is 8.30. The monoisotopic (exact) mass is 389 g/mol. The highest BCUT2D eigenvalue weighted by Crippen LogP contribution is 2.51. The first-order valence-corrected chi connectivity index (χ1v) is 9.95. The summed E-state index contributed by atoms with van der Waals surface area (Å²) < 4.78 is 0. The van der Waals surface area contributed by atoms with Crippen molar-refractivity contribution in [2.24, 2.45) is 5.41 Å². The Hall–Kier alpha value is -3.15.